The lowest BCUT2D eigenvalue weighted by Gasteiger charge is -2.21. The summed E-state index contributed by atoms with van der Waals surface area (Å²) >= 11 is 1.58. The summed E-state index contributed by atoms with van der Waals surface area (Å²) in [4.78, 5) is 2.14. The Labute approximate surface area is 117 Å². The number of aryl methyl sites for hydroxylation is 1. The largest absolute Gasteiger partial charge is 0.497 e. The third-order valence-electron chi connectivity index (χ3n) is 2.72. The number of hydrogen-bond acceptors (Lipinski definition) is 6. The summed E-state index contributed by atoms with van der Waals surface area (Å²) in [6, 6.07) is 7.93. The van der Waals surface area contributed by atoms with Crippen LogP contribution in [0.1, 0.15) is 11.4 Å². The number of aromatic nitrogens is 2. The molecule has 102 valence electrons. The molecule has 1 heterocycles. The summed E-state index contributed by atoms with van der Waals surface area (Å²) in [6.07, 6.45) is 0.907. The number of rotatable bonds is 6. The lowest BCUT2D eigenvalue weighted by atomic mass is 10.2. The minimum absolute atomic E-state index is 0.657. The molecule has 0 aliphatic rings. The molecule has 0 bridgehead atoms. The number of hydrogen-bond donors (Lipinski definition) is 1. The average molecular weight is 278 g/mol. The van der Waals surface area contributed by atoms with Crippen molar-refractivity contribution in [3.63, 3.8) is 0 Å². The van der Waals surface area contributed by atoms with E-state index in [1.165, 1.54) is 0 Å². The van der Waals surface area contributed by atoms with Crippen LogP contribution in [-0.4, -0.2) is 30.4 Å². The van der Waals surface area contributed by atoms with Crippen molar-refractivity contribution in [2.45, 2.75) is 13.3 Å². The molecule has 0 spiro atoms. The van der Waals surface area contributed by atoms with Gasteiger partial charge in [0, 0.05) is 12.2 Å². The molecule has 0 saturated heterocycles. The van der Waals surface area contributed by atoms with Crippen LogP contribution in [0.4, 0.5) is 10.8 Å². The molecular formula is C13H18N4OS. The van der Waals surface area contributed by atoms with Crippen LogP contribution < -0.4 is 15.4 Å². The zero-order valence-electron chi connectivity index (χ0n) is 11.2. The number of nitrogens with zero attached hydrogens (tertiary/aromatic N) is 3. The third kappa shape index (κ3) is 3.42. The molecule has 2 N–H and O–H groups in total. The normalized spacial score (nSPS) is 10.5. The lowest BCUT2D eigenvalue weighted by Crippen LogP contribution is -2.20. The molecule has 0 unspecified atom stereocenters. The molecule has 0 atom stereocenters. The fourth-order valence-electron chi connectivity index (χ4n) is 1.74. The Morgan fingerprint density at radius 1 is 1.26 bits per heavy atom. The van der Waals surface area contributed by atoms with Crippen molar-refractivity contribution in [2.24, 2.45) is 5.73 Å². The van der Waals surface area contributed by atoms with Crippen LogP contribution in [-0.2, 0) is 0 Å². The second-order valence-electron chi connectivity index (χ2n) is 4.10. The standard InChI is InChI=1S/C13H18N4OS/c1-10-15-16-13(19-10)17(9-3-8-14)11-4-6-12(18-2)7-5-11/h4-7H,3,8-9,14H2,1-2H3. The summed E-state index contributed by atoms with van der Waals surface area (Å²) in [5.74, 6) is 0.843. The van der Waals surface area contributed by atoms with Crippen LogP contribution in [0.3, 0.4) is 0 Å². The van der Waals surface area contributed by atoms with Crippen molar-refractivity contribution in [1.29, 1.82) is 0 Å². The highest BCUT2D eigenvalue weighted by Gasteiger charge is 2.13. The molecule has 0 aliphatic carbocycles. The van der Waals surface area contributed by atoms with E-state index in [-0.39, 0.29) is 0 Å². The highest BCUT2D eigenvalue weighted by molar-refractivity contribution is 7.15. The summed E-state index contributed by atoms with van der Waals surface area (Å²) in [5.41, 5.74) is 6.68. The van der Waals surface area contributed by atoms with Crippen LogP contribution >= 0.6 is 11.3 Å². The van der Waals surface area contributed by atoms with Gasteiger partial charge in [0.15, 0.2) is 0 Å². The van der Waals surface area contributed by atoms with E-state index in [1.54, 1.807) is 18.4 Å². The number of methoxy groups -OCH3 is 1. The Bertz CT molecular complexity index is 512. The highest BCUT2D eigenvalue weighted by atomic mass is 32.1. The average Bonchev–Trinajstić information content (AvgIpc) is 2.86. The second-order valence-corrected chi connectivity index (χ2v) is 5.26. The molecule has 1 aromatic carbocycles. The third-order valence-corrected chi connectivity index (χ3v) is 3.58. The van der Waals surface area contributed by atoms with Gasteiger partial charge in [-0.25, -0.2) is 0 Å². The molecule has 6 heteroatoms. The van der Waals surface area contributed by atoms with Crippen LogP contribution in [0.2, 0.25) is 0 Å². The Morgan fingerprint density at radius 3 is 2.53 bits per heavy atom. The van der Waals surface area contributed by atoms with E-state index in [4.69, 9.17) is 10.5 Å². The zero-order chi connectivity index (χ0) is 13.7. The predicted octanol–water partition coefficient (Wildman–Crippen LogP) is 2.34. The number of benzene rings is 1. The van der Waals surface area contributed by atoms with E-state index in [0.29, 0.717) is 6.54 Å². The van der Waals surface area contributed by atoms with Crippen LogP contribution in [0, 0.1) is 6.92 Å². The van der Waals surface area contributed by atoms with Crippen molar-refractivity contribution in [3.05, 3.63) is 29.3 Å². The van der Waals surface area contributed by atoms with Crippen molar-refractivity contribution in [3.8, 4) is 5.75 Å². The Balaban J connectivity index is 2.25. The van der Waals surface area contributed by atoms with Crippen LogP contribution in [0.15, 0.2) is 24.3 Å². The van der Waals surface area contributed by atoms with Gasteiger partial charge in [-0.1, -0.05) is 11.3 Å². The van der Waals surface area contributed by atoms with Crippen molar-refractivity contribution < 1.29 is 4.74 Å². The first-order valence-electron chi connectivity index (χ1n) is 6.16. The molecule has 0 amide bonds. The summed E-state index contributed by atoms with van der Waals surface area (Å²) in [7, 11) is 1.66. The summed E-state index contributed by atoms with van der Waals surface area (Å²) in [6.45, 7) is 3.44. The Morgan fingerprint density at radius 2 is 2.00 bits per heavy atom. The predicted molar refractivity (Wildman–Crippen MR) is 78.3 cm³/mol. The fourth-order valence-corrected chi connectivity index (χ4v) is 2.48. The summed E-state index contributed by atoms with van der Waals surface area (Å²) < 4.78 is 5.18. The van der Waals surface area contributed by atoms with Crippen molar-refractivity contribution >= 4 is 22.2 Å². The van der Waals surface area contributed by atoms with E-state index < -0.39 is 0 Å². The Kier molecular flexibility index (Phi) is 4.70. The van der Waals surface area contributed by atoms with Gasteiger partial charge in [-0.3, -0.25) is 0 Å². The monoisotopic (exact) mass is 278 g/mol. The molecule has 2 rings (SSSR count). The molecule has 0 aliphatic heterocycles. The quantitative estimate of drug-likeness (QED) is 0.878. The van der Waals surface area contributed by atoms with Gasteiger partial charge in [0.1, 0.15) is 10.8 Å². The zero-order valence-corrected chi connectivity index (χ0v) is 12.0. The van der Waals surface area contributed by atoms with Crippen molar-refractivity contribution in [1.82, 2.24) is 10.2 Å². The maximum atomic E-state index is 5.60. The lowest BCUT2D eigenvalue weighted by molar-refractivity contribution is 0.415. The fraction of sp³-hybridized carbons (Fsp3) is 0.385. The van der Waals surface area contributed by atoms with E-state index in [2.05, 4.69) is 15.1 Å². The molecule has 1 aromatic heterocycles. The maximum Gasteiger partial charge on any atom is 0.212 e. The first-order valence-corrected chi connectivity index (χ1v) is 6.98. The molecule has 0 radical (unpaired) electrons. The van der Waals surface area contributed by atoms with Gasteiger partial charge in [-0.2, -0.15) is 0 Å². The van der Waals surface area contributed by atoms with Gasteiger partial charge in [0.2, 0.25) is 5.13 Å². The van der Waals surface area contributed by atoms with Gasteiger partial charge < -0.3 is 15.4 Å². The van der Waals surface area contributed by atoms with Crippen molar-refractivity contribution in [2.75, 3.05) is 25.1 Å². The number of nitrogens with two attached hydrogens (primary N) is 1. The highest BCUT2D eigenvalue weighted by Crippen LogP contribution is 2.29. The van der Waals surface area contributed by atoms with Crippen LogP contribution in [0.5, 0.6) is 5.75 Å². The topological polar surface area (TPSA) is 64.3 Å². The van der Waals surface area contributed by atoms with Gasteiger partial charge in [0.05, 0.1) is 7.11 Å². The van der Waals surface area contributed by atoms with E-state index in [0.717, 1.165) is 34.5 Å². The number of anilines is 2. The first-order chi connectivity index (χ1) is 9.24. The van der Waals surface area contributed by atoms with E-state index >= 15 is 0 Å². The molecule has 5 nitrogen and oxygen atoms in total. The van der Waals surface area contributed by atoms with Gasteiger partial charge >= 0.3 is 0 Å². The van der Waals surface area contributed by atoms with E-state index in [1.807, 2.05) is 31.2 Å². The minimum Gasteiger partial charge on any atom is -0.497 e. The summed E-state index contributed by atoms with van der Waals surface area (Å²) in [5, 5.41) is 10.1. The van der Waals surface area contributed by atoms with Gasteiger partial charge in [-0.15, -0.1) is 10.2 Å². The smallest absolute Gasteiger partial charge is 0.212 e. The molecule has 19 heavy (non-hydrogen) atoms. The molecular weight excluding hydrogens is 260 g/mol. The van der Waals surface area contributed by atoms with E-state index in [9.17, 15) is 0 Å². The molecule has 2 aromatic rings. The Hall–Kier alpha value is -1.66. The molecule has 0 saturated carbocycles. The van der Waals surface area contributed by atoms with Gasteiger partial charge in [0.25, 0.3) is 0 Å². The maximum absolute atomic E-state index is 5.60. The number of ether oxygens (including phenoxy) is 1. The first kappa shape index (κ1) is 13.8. The van der Waals surface area contributed by atoms with Crippen LogP contribution in [0.25, 0.3) is 0 Å². The SMILES string of the molecule is COc1ccc(N(CCCN)c2nnc(C)s2)cc1. The van der Waals surface area contributed by atoms with Gasteiger partial charge in [-0.05, 0) is 44.2 Å². The molecule has 0 fully saturated rings. The minimum atomic E-state index is 0.657. The second kappa shape index (κ2) is 6.49.